The summed E-state index contributed by atoms with van der Waals surface area (Å²) in [4.78, 5) is 26.1. The van der Waals surface area contributed by atoms with Gasteiger partial charge in [0.1, 0.15) is 5.60 Å². The quantitative estimate of drug-likeness (QED) is 0.869. The van der Waals surface area contributed by atoms with Crippen LogP contribution >= 0.6 is 0 Å². The van der Waals surface area contributed by atoms with Crippen LogP contribution < -0.4 is 4.90 Å². The minimum atomic E-state index is -0.771. The van der Waals surface area contributed by atoms with Crippen molar-refractivity contribution < 1.29 is 19.4 Å². The van der Waals surface area contributed by atoms with Crippen LogP contribution in [0.25, 0.3) is 0 Å². The van der Waals surface area contributed by atoms with Gasteiger partial charge in [0.15, 0.2) is 0 Å². The Morgan fingerprint density at radius 1 is 1.16 bits per heavy atom. The van der Waals surface area contributed by atoms with Crippen LogP contribution in [-0.4, -0.2) is 29.3 Å². The minimum absolute atomic E-state index is 0.343. The Kier molecular flexibility index (Phi) is 4.52. The molecule has 1 saturated carbocycles. The highest BCUT2D eigenvalue weighted by Gasteiger charge is 2.42. The van der Waals surface area contributed by atoms with E-state index in [-0.39, 0.29) is 6.09 Å². The van der Waals surface area contributed by atoms with Crippen LogP contribution in [0.1, 0.15) is 64.0 Å². The number of nitrogens with zero attached hydrogens (tertiary/aromatic N) is 1. The molecule has 1 aromatic rings. The fourth-order valence-electron chi connectivity index (χ4n) is 3.99. The third-order valence-electron chi connectivity index (χ3n) is 5.26. The number of aliphatic carboxylic acids is 1. The van der Waals surface area contributed by atoms with E-state index in [1.54, 1.807) is 4.90 Å². The zero-order valence-electron chi connectivity index (χ0n) is 15.3. The highest BCUT2D eigenvalue weighted by Crippen LogP contribution is 2.42. The molecular weight excluding hydrogens is 318 g/mol. The van der Waals surface area contributed by atoms with Gasteiger partial charge in [-0.3, -0.25) is 9.69 Å². The van der Waals surface area contributed by atoms with Crippen LogP contribution in [0.2, 0.25) is 0 Å². The lowest BCUT2D eigenvalue weighted by molar-refractivity contribution is -0.145. The number of carboxylic acids is 1. The zero-order valence-corrected chi connectivity index (χ0v) is 15.3. The Morgan fingerprint density at radius 2 is 1.84 bits per heavy atom. The molecule has 0 unspecified atom stereocenters. The van der Waals surface area contributed by atoms with Crippen LogP contribution in [0.4, 0.5) is 10.5 Å². The lowest BCUT2D eigenvalue weighted by Crippen LogP contribution is -2.38. The van der Waals surface area contributed by atoms with E-state index in [4.69, 9.17) is 4.74 Å². The molecular formula is C20H27NO4. The summed E-state index contributed by atoms with van der Waals surface area (Å²) in [5.74, 6) is -0.728. The van der Waals surface area contributed by atoms with Crippen molar-refractivity contribution in [1.82, 2.24) is 0 Å². The van der Waals surface area contributed by atoms with Crippen molar-refractivity contribution in [3.8, 4) is 0 Å². The molecule has 1 aromatic carbocycles. The molecule has 0 saturated heterocycles. The number of hydrogen-bond acceptors (Lipinski definition) is 3. The van der Waals surface area contributed by atoms with Gasteiger partial charge in [0, 0.05) is 6.54 Å². The Hall–Kier alpha value is -2.04. The van der Waals surface area contributed by atoms with Crippen molar-refractivity contribution in [1.29, 1.82) is 0 Å². The lowest BCUT2D eigenvalue weighted by atomic mass is 9.69. The minimum Gasteiger partial charge on any atom is -0.481 e. The van der Waals surface area contributed by atoms with Crippen molar-refractivity contribution >= 4 is 17.7 Å². The first-order valence-electron chi connectivity index (χ1n) is 9.10. The second-order valence-electron chi connectivity index (χ2n) is 8.17. The van der Waals surface area contributed by atoms with Crippen LogP contribution in [0.5, 0.6) is 0 Å². The van der Waals surface area contributed by atoms with E-state index in [9.17, 15) is 14.7 Å². The fourth-order valence-corrected chi connectivity index (χ4v) is 3.99. The van der Waals surface area contributed by atoms with Crippen molar-refractivity contribution in [2.45, 2.75) is 70.3 Å². The smallest absolute Gasteiger partial charge is 0.414 e. The number of benzene rings is 1. The molecule has 1 aliphatic heterocycles. The van der Waals surface area contributed by atoms with Gasteiger partial charge < -0.3 is 9.84 Å². The SMILES string of the molecule is CC(C)(C)OC(=O)N1CCc2cc(C3(C(=O)O)CCCCC3)ccc21. The Morgan fingerprint density at radius 3 is 2.44 bits per heavy atom. The molecule has 2 aliphatic rings. The first-order chi connectivity index (χ1) is 11.7. The van der Waals surface area contributed by atoms with E-state index in [1.165, 1.54) is 0 Å². The highest BCUT2D eigenvalue weighted by atomic mass is 16.6. The number of fused-ring (bicyclic) bond motifs is 1. The van der Waals surface area contributed by atoms with Crippen LogP contribution in [0, 0.1) is 0 Å². The molecule has 3 rings (SSSR count). The summed E-state index contributed by atoms with van der Waals surface area (Å²) in [5.41, 5.74) is 1.45. The third-order valence-corrected chi connectivity index (χ3v) is 5.26. The van der Waals surface area contributed by atoms with E-state index in [0.29, 0.717) is 19.4 Å². The summed E-state index contributed by atoms with van der Waals surface area (Å²) in [5, 5.41) is 9.87. The number of carbonyl (C=O) groups excluding carboxylic acids is 1. The largest absolute Gasteiger partial charge is 0.481 e. The molecule has 1 heterocycles. The molecule has 0 atom stereocenters. The van der Waals surface area contributed by atoms with Crippen molar-refractivity contribution in [2.75, 3.05) is 11.4 Å². The van der Waals surface area contributed by atoms with Gasteiger partial charge in [0.2, 0.25) is 0 Å². The Bertz CT molecular complexity index is 683. The molecule has 1 aliphatic carbocycles. The van der Waals surface area contributed by atoms with Gasteiger partial charge in [-0.25, -0.2) is 4.79 Å². The summed E-state index contributed by atoms with van der Waals surface area (Å²) in [7, 11) is 0. The molecule has 0 radical (unpaired) electrons. The maximum atomic E-state index is 12.4. The molecule has 0 bridgehead atoms. The van der Waals surface area contributed by atoms with Gasteiger partial charge in [-0.2, -0.15) is 0 Å². The molecule has 1 N–H and O–H groups in total. The average Bonchev–Trinajstić information content (AvgIpc) is 2.97. The summed E-state index contributed by atoms with van der Waals surface area (Å²) in [6.45, 7) is 6.13. The van der Waals surface area contributed by atoms with Gasteiger partial charge in [-0.1, -0.05) is 31.4 Å². The maximum Gasteiger partial charge on any atom is 0.414 e. The molecule has 0 spiro atoms. The van der Waals surface area contributed by atoms with E-state index in [2.05, 4.69) is 0 Å². The van der Waals surface area contributed by atoms with Crippen molar-refractivity contribution in [3.05, 3.63) is 29.3 Å². The number of rotatable bonds is 2. The lowest BCUT2D eigenvalue weighted by Gasteiger charge is -2.34. The monoisotopic (exact) mass is 345 g/mol. The Balaban J connectivity index is 1.89. The number of anilines is 1. The van der Waals surface area contributed by atoms with E-state index < -0.39 is 17.0 Å². The first kappa shape index (κ1) is 17.8. The van der Waals surface area contributed by atoms with E-state index >= 15 is 0 Å². The number of ether oxygens (including phenoxy) is 1. The standard InChI is InChI=1S/C20H27NO4/c1-19(2,3)25-18(24)21-12-9-14-13-15(7-8-16(14)21)20(17(22)23)10-5-4-6-11-20/h7-8,13H,4-6,9-12H2,1-3H3,(H,22,23). The summed E-state index contributed by atoms with van der Waals surface area (Å²) >= 11 is 0. The molecule has 5 heteroatoms. The van der Waals surface area contributed by atoms with Gasteiger partial charge in [0.25, 0.3) is 0 Å². The van der Waals surface area contributed by atoms with Crippen LogP contribution in [0.15, 0.2) is 18.2 Å². The van der Waals surface area contributed by atoms with Gasteiger partial charge in [-0.15, -0.1) is 0 Å². The first-order valence-corrected chi connectivity index (χ1v) is 9.10. The number of carboxylic acid groups (broad SMARTS) is 1. The normalized spacial score (nSPS) is 19.4. The van der Waals surface area contributed by atoms with Gasteiger partial charge >= 0.3 is 12.1 Å². The zero-order chi connectivity index (χ0) is 18.2. The second-order valence-corrected chi connectivity index (χ2v) is 8.17. The molecule has 1 fully saturated rings. The maximum absolute atomic E-state index is 12.4. The van der Waals surface area contributed by atoms with Gasteiger partial charge in [0.05, 0.1) is 11.1 Å². The number of amides is 1. The Labute approximate surface area is 149 Å². The topological polar surface area (TPSA) is 66.8 Å². The van der Waals surface area contributed by atoms with Crippen LogP contribution in [0.3, 0.4) is 0 Å². The van der Waals surface area contributed by atoms with Crippen molar-refractivity contribution in [3.63, 3.8) is 0 Å². The molecule has 5 nitrogen and oxygen atoms in total. The molecule has 25 heavy (non-hydrogen) atoms. The average molecular weight is 345 g/mol. The number of carbonyl (C=O) groups is 2. The summed E-state index contributed by atoms with van der Waals surface area (Å²) in [6.07, 6.45) is 4.78. The molecule has 136 valence electrons. The fraction of sp³-hybridized carbons (Fsp3) is 0.600. The van der Waals surface area contributed by atoms with E-state index in [0.717, 1.165) is 42.5 Å². The molecule has 0 aromatic heterocycles. The molecule has 1 amide bonds. The second kappa shape index (κ2) is 6.36. The predicted molar refractivity (Wildman–Crippen MR) is 96.1 cm³/mol. The third kappa shape index (κ3) is 3.37. The van der Waals surface area contributed by atoms with Crippen LogP contribution in [-0.2, 0) is 21.4 Å². The van der Waals surface area contributed by atoms with Crippen molar-refractivity contribution in [2.24, 2.45) is 0 Å². The predicted octanol–water partition coefficient (Wildman–Crippen LogP) is 4.27. The highest BCUT2D eigenvalue weighted by molar-refractivity contribution is 5.91. The van der Waals surface area contributed by atoms with Gasteiger partial charge in [-0.05, 0) is 57.2 Å². The summed E-state index contributed by atoms with van der Waals surface area (Å²) < 4.78 is 5.48. The number of hydrogen-bond donors (Lipinski definition) is 1. The van der Waals surface area contributed by atoms with E-state index in [1.807, 2.05) is 39.0 Å². The summed E-state index contributed by atoms with van der Waals surface area (Å²) in [6, 6.07) is 5.78.